The van der Waals surface area contributed by atoms with Gasteiger partial charge in [-0.1, -0.05) is 36.4 Å². The number of amides is 2. The summed E-state index contributed by atoms with van der Waals surface area (Å²) in [4.78, 5) is 30.9. The van der Waals surface area contributed by atoms with Gasteiger partial charge in [-0.25, -0.2) is 0 Å². The molecule has 0 saturated heterocycles. The van der Waals surface area contributed by atoms with Crippen LogP contribution in [0.5, 0.6) is 5.75 Å². The largest absolute Gasteiger partial charge is 0.496 e. The lowest BCUT2D eigenvalue weighted by molar-refractivity contribution is -0.128. The molecule has 0 aliphatic carbocycles. The molecule has 2 aliphatic rings. The first-order valence-corrected chi connectivity index (χ1v) is 9.32. The van der Waals surface area contributed by atoms with Crippen molar-refractivity contribution in [3.8, 4) is 16.9 Å². The van der Waals surface area contributed by atoms with Crippen molar-refractivity contribution < 1.29 is 14.3 Å². The van der Waals surface area contributed by atoms with Crippen molar-refractivity contribution in [2.75, 3.05) is 12.4 Å². The summed E-state index contributed by atoms with van der Waals surface area (Å²) in [5, 5.41) is 2.88. The van der Waals surface area contributed by atoms with Crippen molar-refractivity contribution in [1.29, 1.82) is 0 Å². The lowest BCUT2D eigenvalue weighted by Gasteiger charge is -2.32. The van der Waals surface area contributed by atoms with Gasteiger partial charge in [0, 0.05) is 17.5 Å². The van der Waals surface area contributed by atoms with Gasteiger partial charge in [0.15, 0.2) is 0 Å². The molecule has 0 aromatic heterocycles. The average molecular weight is 387 g/mol. The predicted octanol–water partition coefficient (Wildman–Crippen LogP) is 3.77. The summed E-state index contributed by atoms with van der Waals surface area (Å²) in [6.45, 7) is 1.74. The third kappa shape index (κ3) is 3.45. The summed E-state index contributed by atoms with van der Waals surface area (Å²) in [6.07, 6.45) is 7.18. The zero-order valence-electron chi connectivity index (χ0n) is 16.3. The van der Waals surface area contributed by atoms with Crippen LogP contribution in [0, 0.1) is 0 Å². The minimum atomic E-state index is -1.02. The Morgan fingerprint density at radius 1 is 1.14 bits per heavy atom. The van der Waals surface area contributed by atoms with Crippen molar-refractivity contribution in [3.63, 3.8) is 0 Å². The monoisotopic (exact) mass is 387 g/mol. The van der Waals surface area contributed by atoms with Crippen molar-refractivity contribution in [2.24, 2.45) is 4.99 Å². The molecule has 6 heteroatoms. The first-order chi connectivity index (χ1) is 14.0. The van der Waals surface area contributed by atoms with E-state index in [1.807, 2.05) is 60.7 Å². The van der Waals surface area contributed by atoms with E-state index in [0.717, 1.165) is 16.9 Å². The summed E-state index contributed by atoms with van der Waals surface area (Å²) >= 11 is 0. The molecule has 146 valence electrons. The Kier molecular flexibility index (Phi) is 4.76. The second kappa shape index (κ2) is 7.39. The van der Waals surface area contributed by atoms with Crippen molar-refractivity contribution >= 4 is 23.3 Å². The molecule has 2 aromatic carbocycles. The molecule has 2 aromatic rings. The molecule has 1 unspecified atom stereocenters. The Balaban J connectivity index is 1.46. The minimum Gasteiger partial charge on any atom is -0.496 e. The Morgan fingerprint density at radius 2 is 1.90 bits per heavy atom. The SMILES string of the molecule is COc1ccccc1-c1ccc(NC(=O)CC2(C)C(=O)N=C3C=CC=CN32)cc1. The van der Waals surface area contributed by atoms with Crippen LogP contribution in [0.1, 0.15) is 13.3 Å². The van der Waals surface area contributed by atoms with E-state index >= 15 is 0 Å². The highest BCUT2D eigenvalue weighted by Gasteiger charge is 2.46. The fraction of sp³-hybridized carbons (Fsp3) is 0.174. The van der Waals surface area contributed by atoms with E-state index in [1.54, 1.807) is 31.2 Å². The van der Waals surface area contributed by atoms with Crippen LogP contribution in [0.3, 0.4) is 0 Å². The van der Waals surface area contributed by atoms with Crippen LogP contribution in [-0.2, 0) is 9.59 Å². The maximum atomic E-state index is 12.6. The van der Waals surface area contributed by atoms with Crippen LogP contribution in [0.15, 0.2) is 78.0 Å². The highest BCUT2D eigenvalue weighted by atomic mass is 16.5. The van der Waals surface area contributed by atoms with Gasteiger partial charge in [-0.05, 0) is 42.8 Å². The molecule has 2 aliphatic heterocycles. The second-order valence-corrected chi connectivity index (χ2v) is 7.12. The van der Waals surface area contributed by atoms with Gasteiger partial charge in [0.2, 0.25) is 5.91 Å². The molecule has 2 heterocycles. The Hall–Kier alpha value is -3.67. The summed E-state index contributed by atoms with van der Waals surface area (Å²) < 4.78 is 5.41. The number of amidine groups is 1. The van der Waals surface area contributed by atoms with Crippen LogP contribution in [-0.4, -0.2) is 35.2 Å². The Labute approximate surface area is 169 Å². The van der Waals surface area contributed by atoms with E-state index in [4.69, 9.17) is 4.74 Å². The molecule has 0 fully saturated rings. The van der Waals surface area contributed by atoms with Gasteiger partial charge in [0.05, 0.1) is 13.5 Å². The molecule has 1 N–H and O–H groups in total. The van der Waals surface area contributed by atoms with Gasteiger partial charge in [-0.3, -0.25) is 9.59 Å². The normalized spacial score (nSPS) is 19.7. The number of fused-ring (bicyclic) bond motifs is 1. The van der Waals surface area contributed by atoms with Crippen LogP contribution in [0.4, 0.5) is 5.69 Å². The average Bonchev–Trinajstić information content (AvgIpc) is 2.98. The molecule has 0 bridgehead atoms. The predicted molar refractivity (Wildman–Crippen MR) is 113 cm³/mol. The summed E-state index contributed by atoms with van der Waals surface area (Å²) in [7, 11) is 1.64. The standard InChI is InChI=1S/C23H21N3O3/c1-23(22(28)25-20-9-5-6-14-26(20)23)15-21(27)24-17-12-10-16(11-13-17)18-7-3-4-8-19(18)29-2/h3-14H,15H2,1-2H3,(H,24,27). The summed E-state index contributed by atoms with van der Waals surface area (Å²) in [5.74, 6) is 0.793. The van der Waals surface area contributed by atoms with Crippen LogP contribution < -0.4 is 10.1 Å². The lowest BCUT2D eigenvalue weighted by atomic mass is 9.95. The van der Waals surface area contributed by atoms with Crippen LogP contribution in [0.25, 0.3) is 11.1 Å². The molecule has 0 radical (unpaired) electrons. The van der Waals surface area contributed by atoms with Crippen molar-refractivity contribution in [3.05, 3.63) is 73.0 Å². The number of nitrogens with one attached hydrogen (secondary N) is 1. The quantitative estimate of drug-likeness (QED) is 0.848. The van der Waals surface area contributed by atoms with E-state index in [1.165, 1.54) is 0 Å². The number of hydrogen-bond acceptors (Lipinski definition) is 4. The van der Waals surface area contributed by atoms with E-state index in [2.05, 4.69) is 10.3 Å². The van der Waals surface area contributed by atoms with Gasteiger partial charge in [0.25, 0.3) is 5.91 Å². The summed E-state index contributed by atoms with van der Waals surface area (Å²) in [6, 6.07) is 15.3. The molecular weight excluding hydrogens is 366 g/mol. The third-order valence-electron chi connectivity index (χ3n) is 5.14. The maximum Gasteiger partial charge on any atom is 0.274 e. The van der Waals surface area contributed by atoms with Crippen LogP contribution >= 0.6 is 0 Å². The smallest absolute Gasteiger partial charge is 0.274 e. The molecule has 2 amide bonds. The number of methoxy groups -OCH3 is 1. The van der Waals surface area contributed by atoms with Gasteiger partial charge >= 0.3 is 0 Å². The van der Waals surface area contributed by atoms with Gasteiger partial charge < -0.3 is 15.0 Å². The lowest BCUT2D eigenvalue weighted by Crippen LogP contribution is -2.48. The van der Waals surface area contributed by atoms with E-state index in [9.17, 15) is 9.59 Å². The number of ether oxygens (including phenoxy) is 1. The molecular formula is C23H21N3O3. The first kappa shape index (κ1) is 18.7. The molecule has 4 rings (SSSR count). The van der Waals surface area contributed by atoms with E-state index in [-0.39, 0.29) is 18.2 Å². The van der Waals surface area contributed by atoms with Gasteiger partial charge in [0.1, 0.15) is 17.1 Å². The number of carbonyl (C=O) groups is 2. The zero-order valence-corrected chi connectivity index (χ0v) is 16.3. The third-order valence-corrected chi connectivity index (χ3v) is 5.14. The number of benzene rings is 2. The number of carbonyl (C=O) groups excluding carboxylic acids is 2. The highest BCUT2D eigenvalue weighted by molar-refractivity contribution is 6.13. The number of hydrogen-bond donors (Lipinski definition) is 1. The maximum absolute atomic E-state index is 12.6. The molecule has 0 saturated carbocycles. The second-order valence-electron chi connectivity index (χ2n) is 7.12. The van der Waals surface area contributed by atoms with Gasteiger partial charge in [-0.15, -0.1) is 0 Å². The molecule has 29 heavy (non-hydrogen) atoms. The fourth-order valence-electron chi connectivity index (χ4n) is 3.56. The number of anilines is 1. The Bertz CT molecular complexity index is 1050. The van der Waals surface area contributed by atoms with Gasteiger partial charge in [-0.2, -0.15) is 4.99 Å². The van der Waals surface area contributed by atoms with Crippen LogP contribution in [0.2, 0.25) is 0 Å². The highest BCUT2D eigenvalue weighted by Crippen LogP contribution is 2.32. The topological polar surface area (TPSA) is 71.0 Å². The first-order valence-electron chi connectivity index (χ1n) is 9.32. The Morgan fingerprint density at radius 3 is 2.66 bits per heavy atom. The van der Waals surface area contributed by atoms with Crippen molar-refractivity contribution in [2.45, 2.75) is 18.9 Å². The molecule has 6 nitrogen and oxygen atoms in total. The number of aliphatic imine (C=N–C) groups is 1. The molecule has 1 atom stereocenters. The number of para-hydroxylation sites is 1. The number of allylic oxidation sites excluding steroid dienone is 2. The minimum absolute atomic E-state index is 0.00523. The number of rotatable bonds is 5. The number of nitrogens with zero attached hydrogens (tertiary/aromatic N) is 2. The van der Waals surface area contributed by atoms with E-state index in [0.29, 0.717) is 11.5 Å². The van der Waals surface area contributed by atoms with Crippen molar-refractivity contribution in [1.82, 2.24) is 4.90 Å². The fourth-order valence-corrected chi connectivity index (χ4v) is 3.56. The van der Waals surface area contributed by atoms with E-state index < -0.39 is 5.54 Å². The summed E-state index contributed by atoms with van der Waals surface area (Å²) in [5.41, 5.74) is 1.61. The zero-order chi connectivity index (χ0) is 20.4. The molecule has 0 spiro atoms.